The smallest absolute Gasteiger partial charge is 0.301 e. The number of nitrogens with zero attached hydrogens (tertiary/aromatic N) is 4. The summed E-state index contributed by atoms with van der Waals surface area (Å²) in [6, 6.07) is 11.6. The number of anilines is 1. The fourth-order valence-electron chi connectivity index (χ4n) is 4.87. The summed E-state index contributed by atoms with van der Waals surface area (Å²) in [6.45, 7) is 7.75. The largest absolute Gasteiger partial charge is 0.454 e. The number of amidine groups is 1. The van der Waals surface area contributed by atoms with Crippen LogP contribution in [-0.4, -0.2) is 66.3 Å². The van der Waals surface area contributed by atoms with Gasteiger partial charge in [-0.05, 0) is 48.7 Å². The third-order valence-electron chi connectivity index (χ3n) is 6.84. The lowest BCUT2D eigenvalue weighted by Gasteiger charge is -2.38. The number of thioether (sulfide) groups is 1. The van der Waals surface area contributed by atoms with E-state index in [1.54, 1.807) is 29.2 Å². The third-order valence-corrected chi connectivity index (χ3v) is 7.82. The van der Waals surface area contributed by atoms with Gasteiger partial charge in [0.05, 0.1) is 6.67 Å². The van der Waals surface area contributed by atoms with E-state index in [1.807, 2.05) is 0 Å². The zero-order valence-corrected chi connectivity index (χ0v) is 22.6. The molecule has 0 aliphatic carbocycles. The molecule has 2 aromatic carbocycles. The first-order chi connectivity index (χ1) is 18.8. The number of carbonyl (C=O) groups is 1. The summed E-state index contributed by atoms with van der Waals surface area (Å²) in [5.41, 5.74) is 4.64. The van der Waals surface area contributed by atoms with E-state index in [-0.39, 0.29) is 24.2 Å². The van der Waals surface area contributed by atoms with Crippen LogP contribution >= 0.6 is 11.8 Å². The maximum Gasteiger partial charge on any atom is 0.301 e. The summed E-state index contributed by atoms with van der Waals surface area (Å²) in [7, 11) is 0. The summed E-state index contributed by atoms with van der Waals surface area (Å²) >= 11 is 1.09. The van der Waals surface area contributed by atoms with Gasteiger partial charge in [0, 0.05) is 44.0 Å². The molecule has 39 heavy (non-hydrogen) atoms. The molecule has 1 saturated heterocycles. The van der Waals surface area contributed by atoms with Crippen LogP contribution < -0.4 is 14.4 Å². The Hall–Kier alpha value is -3.44. The molecule has 0 N–H and O–H groups in total. The molecule has 3 heterocycles. The molecule has 3 aliphatic heterocycles. The summed E-state index contributed by atoms with van der Waals surface area (Å²) in [5, 5.41) is 0.372. The molecule has 0 radical (unpaired) electrons. The zero-order chi connectivity index (χ0) is 27.5. The monoisotopic (exact) mass is 558 g/mol. The number of para-hydroxylation sites is 1. The van der Waals surface area contributed by atoms with E-state index in [4.69, 9.17) is 9.47 Å². The van der Waals surface area contributed by atoms with Crippen molar-refractivity contribution in [3.8, 4) is 11.5 Å². The number of carbonyl (C=O) groups excluding carboxylic acids is 1. The highest BCUT2D eigenvalue weighted by atomic mass is 32.2. The molecule has 0 saturated carbocycles. The van der Waals surface area contributed by atoms with Gasteiger partial charge in [-0.1, -0.05) is 36.0 Å². The van der Waals surface area contributed by atoms with E-state index < -0.39 is 18.3 Å². The van der Waals surface area contributed by atoms with Gasteiger partial charge in [0.15, 0.2) is 22.5 Å². The maximum atomic E-state index is 13.4. The highest BCUT2D eigenvalue weighted by molar-refractivity contribution is 8.13. The van der Waals surface area contributed by atoms with Crippen LogP contribution in [-0.2, 0) is 4.79 Å². The lowest BCUT2D eigenvalue weighted by atomic mass is 10.1. The second kappa shape index (κ2) is 11.7. The molecule has 0 bridgehead atoms. The topological polar surface area (TPSA) is 57.6 Å². The van der Waals surface area contributed by atoms with Crippen LogP contribution in [0.5, 0.6) is 11.5 Å². The molecule has 1 amide bonds. The van der Waals surface area contributed by atoms with Crippen LogP contribution in [0, 0.1) is 13.8 Å². The van der Waals surface area contributed by atoms with Crippen LogP contribution in [0.15, 0.2) is 59.0 Å². The maximum absolute atomic E-state index is 13.4. The van der Waals surface area contributed by atoms with Gasteiger partial charge in [0.25, 0.3) is 5.91 Å². The number of aryl methyl sites for hydroxylation is 2. The molecule has 0 atom stereocenters. The van der Waals surface area contributed by atoms with Crippen molar-refractivity contribution in [2.75, 3.05) is 50.3 Å². The number of hydrogen-bond donors (Lipinski definition) is 0. The molecule has 3 aliphatic rings. The predicted molar refractivity (Wildman–Crippen MR) is 147 cm³/mol. The number of hydrogen-bond acceptors (Lipinski definition) is 7. The fraction of sp³-hybridized carbons (Fsp3) is 0.357. The van der Waals surface area contributed by atoms with E-state index in [9.17, 15) is 18.0 Å². The summed E-state index contributed by atoms with van der Waals surface area (Å²) in [4.78, 5) is 24.0. The number of benzene rings is 2. The molecule has 0 unspecified atom stereocenters. The van der Waals surface area contributed by atoms with Crippen molar-refractivity contribution in [3.05, 3.63) is 70.7 Å². The lowest BCUT2D eigenvalue weighted by molar-refractivity contribution is -0.124. The normalized spacial score (nSPS) is 18.2. The highest BCUT2D eigenvalue weighted by Gasteiger charge is 2.33. The molecular formula is C28H29F3N4O3S. The van der Waals surface area contributed by atoms with E-state index >= 15 is 0 Å². The van der Waals surface area contributed by atoms with Crippen LogP contribution in [0.3, 0.4) is 0 Å². The van der Waals surface area contributed by atoms with Gasteiger partial charge < -0.3 is 14.4 Å². The second-order valence-electron chi connectivity index (χ2n) is 9.52. The van der Waals surface area contributed by atoms with Crippen LogP contribution in [0.1, 0.15) is 23.1 Å². The van der Waals surface area contributed by atoms with E-state index in [0.717, 1.165) is 37.9 Å². The molecule has 5 rings (SSSR count). The first kappa shape index (κ1) is 27.1. The molecule has 1 fully saturated rings. The quantitative estimate of drug-likeness (QED) is 0.416. The molecule has 2 aromatic rings. The van der Waals surface area contributed by atoms with Gasteiger partial charge in [0.1, 0.15) is 5.70 Å². The minimum absolute atomic E-state index is 0.0312. The lowest BCUT2D eigenvalue weighted by Crippen LogP contribution is -2.51. The van der Waals surface area contributed by atoms with Crippen molar-refractivity contribution in [3.63, 3.8) is 0 Å². The Bertz CT molecular complexity index is 1330. The van der Waals surface area contributed by atoms with Crippen molar-refractivity contribution in [1.82, 2.24) is 9.80 Å². The SMILES string of the molecule is Cc1cccc(C)c1N1CCN(CN2C(=O)C(=Cc3ccc4c(c3)OCO4)N=C2SCCC(F)=C(F)F)CC1. The average Bonchev–Trinajstić information content (AvgIpc) is 3.49. The average molecular weight is 559 g/mol. The molecule has 0 spiro atoms. The Morgan fingerprint density at radius 3 is 2.46 bits per heavy atom. The standard InChI is InChI=1S/C28H29F3N4O3S/c1-18-4-3-5-19(2)25(18)34-11-9-33(10-12-34)16-35-27(36)22(32-28(35)39-13-8-21(29)26(30)31)14-20-6-7-23-24(15-20)38-17-37-23/h3-7,14-15H,8-13,16-17H2,1-2H3. The molecule has 206 valence electrons. The van der Waals surface area contributed by atoms with Crippen LogP contribution in [0.4, 0.5) is 18.9 Å². The summed E-state index contributed by atoms with van der Waals surface area (Å²) in [5.74, 6) is -0.490. The van der Waals surface area contributed by atoms with Gasteiger partial charge >= 0.3 is 6.08 Å². The minimum Gasteiger partial charge on any atom is -0.454 e. The molecular weight excluding hydrogens is 529 g/mol. The van der Waals surface area contributed by atoms with E-state index in [0.29, 0.717) is 28.9 Å². The Kier molecular flexibility index (Phi) is 8.18. The predicted octanol–water partition coefficient (Wildman–Crippen LogP) is 5.55. The third kappa shape index (κ3) is 6.09. The van der Waals surface area contributed by atoms with Gasteiger partial charge in [-0.3, -0.25) is 14.6 Å². The number of aliphatic imine (C=N–C) groups is 1. The number of piperazine rings is 1. The van der Waals surface area contributed by atoms with Gasteiger partial charge in [-0.2, -0.15) is 8.78 Å². The molecule has 7 nitrogen and oxygen atoms in total. The minimum atomic E-state index is -2.32. The second-order valence-corrected chi connectivity index (χ2v) is 10.6. The van der Waals surface area contributed by atoms with E-state index in [2.05, 4.69) is 46.8 Å². The van der Waals surface area contributed by atoms with Crippen molar-refractivity contribution in [2.24, 2.45) is 4.99 Å². The van der Waals surface area contributed by atoms with Crippen LogP contribution in [0.2, 0.25) is 0 Å². The first-order valence-electron chi connectivity index (χ1n) is 12.7. The highest BCUT2D eigenvalue weighted by Crippen LogP contribution is 2.34. The number of amides is 1. The van der Waals surface area contributed by atoms with Crippen LogP contribution in [0.25, 0.3) is 6.08 Å². The first-order valence-corrected chi connectivity index (χ1v) is 13.7. The zero-order valence-electron chi connectivity index (χ0n) is 21.8. The number of fused-ring (bicyclic) bond motifs is 1. The molecule has 11 heteroatoms. The Morgan fingerprint density at radius 1 is 1.03 bits per heavy atom. The number of rotatable bonds is 7. The van der Waals surface area contributed by atoms with Crippen molar-refractivity contribution in [2.45, 2.75) is 20.3 Å². The Balaban J connectivity index is 1.30. The fourth-order valence-corrected chi connectivity index (χ4v) is 5.79. The van der Waals surface area contributed by atoms with Gasteiger partial charge in [0.2, 0.25) is 6.79 Å². The van der Waals surface area contributed by atoms with Gasteiger partial charge in [-0.15, -0.1) is 0 Å². The number of halogens is 3. The van der Waals surface area contributed by atoms with Crippen molar-refractivity contribution >= 4 is 34.6 Å². The van der Waals surface area contributed by atoms with Crippen molar-refractivity contribution < 1.29 is 27.4 Å². The molecule has 0 aromatic heterocycles. The Labute approximate surface area is 229 Å². The summed E-state index contributed by atoms with van der Waals surface area (Å²) < 4.78 is 49.3. The van der Waals surface area contributed by atoms with Crippen molar-refractivity contribution in [1.29, 1.82) is 0 Å². The Morgan fingerprint density at radius 2 is 1.74 bits per heavy atom. The van der Waals surface area contributed by atoms with E-state index in [1.165, 1.54) is 16.8 Å². The number of allylic oxidation sites excluding steroid dienone is 1. The number of ether oxygens (including phenoxy) is 2. The summed E-state index contributed by atoms with van der Waals surface area (Å²) in [6.07, 6.45) is -1.10. The van der Waals surface area contributed by atoms with Gasteiger partial charge in [-0.25, -0.2) is 9.38 Å².